The zero-order valence-electron chi connectivity index (χ0n) is 9.15. The summed E-state index contributed by atoms with van der Waals surface area (Å²) in [7, 11) is 0. The molecule has 3 N–H and O–H groups in total. The molecule has 0 aliphatic carbocycles. The lowest BCUT2D eigenvalue weighted by atomic mass is 10.2. The van der Waals surface area contributed by atoms with Crippen LogP contribution in [0.5, 0.6) is 0 Å². The highest BCUT2D eigenvalue weighted by molar-refractivity contribution is 7.80. The molecule has 0 saturated heterocycles. The maximum absolute atomic E-state index is 5.92. The molecule has 1 aromatic carbocycles. The van der Waals surface area contributed by atoms with E-state index < -0.39 is 0 Å². The molecule has 0 aliphatic heterocycles. The zero-order chi connectivity index (χ0) is 13.1. The maximum atomic E-state index is 5.92. The molecule has 0 saturated carbocycles. The highest BCUT2D eigenvalue weighted by atomic mass is 35.5. The van der Waals surface area contributed by atoms with Crippen molar-refractivity contribution in [3.05, 3.63) is 52.1 Å². The number of hydrogen-bond acceptors (Lipinski definition) is 3. The van der Waals surface area contributed by atoms with Crippen LogP contribution in [-0.4, -0.2) is 9.97 Å². The Kier molecular flexibility index (Phi) is 4.01. The summed E-state index contributed by atoms with van der Waals surface area (Å²) < 4.78 is 0. The minimum atomic E-state index is 0.277. The van der Waals surface area contributed by atoms with E-state index >= 15 is 0 Å². The van der Waals surface area contributed by atoms with Gasteiger partial charge in [-0.3, -0.25) is 0 Å². The van der Waals surface area contributed by atoms with Gasteiger partial charge in [-0.15, -0.1) is 0 Å². The quantitative estimate of drug-likeness (QED) is 0.847. The Morgan fingerprint density at radius 2 is 1.89 bits per heavy atom. The van der Waals surface area contributed by atoms with Crippen molar-refractivity contribution in [1.82, 2.24) is 4.98 Å². The summed E-state index contributed by atoms with van der Waals surface area (Å²) in [6, 6.07) is 8.70. The first-order valence-electron chi connectivity index (χ1n) is 5.04. The van der Waals surface area contributed by atoms with Crippen LogP contribution >= 0.6 is 35.4 Å². The number of nitrogens with one attached hydrogen (secondary N) is 1. The van der Waals surface area contributed by atoms with Crippen LogP contribution in [0, 0.1) is 0 Å². The van der Waals surface area contributed by atoms with Gasteiger partial charge in [0.05, 0.1) is 5.56 Å². The van der Waals surface area contributed by atoms with E-state index in [2.05, 4.69) is 10.3 Å². The molecule has 0 spiro atoms. The van der Waals surface area contributed by atoms with Crippen LogP contribution in [0.25, 0.3) is 0 Å². The van der Waals surface area contributed by atoms with E-state index in [1.54, 1.807) is 36.5 Å². The van der Waals surface area contributed by atoms with Crippen LogP contribution in [0.4, 0.5) is 11.5 Å². The van der Waals surface area contributed by atoms with E-state index in [0.717, 1.165) is 5.69 Å². The summed E-state index contributed by atoms with van der Waals surface area (Å²) in [5.41, 5.74) is 7.02. The van der Waals surface area contributed by atoms with Crippen molar-refractivity contribution >= 4 is 51.9 Å². The van der Waals surface area contributed by atoms with Gasteiger partial charge in [-0.1, -0.05) is 35.4 Å². The Morgan fingerprint density at radius 3 is 2.50 bits per heavy atom. The first-order valence-corrected chi connectivity index (χ1v) is 6.20. The van der Waals surface area contributed by atoms with E-state index in [9.17, 15) is 0 Å². The molecule has 92 valence electrons. The normalized spacial score (nSPS) is 10.1. The van der Waals surface area contributed by atoms with Gasteiger partial charge in [0.25, 0.3) is 0 Å². The largest absolute Gasteiger partial charge is 0.389 e. The predicted octanol–water partition coefficient (Wildman–Crippen LogP) is 3.77. The van der Waals surface area contributed by atoms with Crippen LogP contribution in [-0.2, 0) is 0 Å². The molecule has 1 aromatic heterocycles. The number of rotatable bonds is 3. The summed E-state index contributed by atoms with van der Waals surface area (Å²) >= 11 is 16.8. The van der Waals surface area contributed by atoms with Crippen LogP contribution in [0.2, 0.25) is 10.0 Å². The average Bonchev–Trinajstić information content (AvgIpc) is 2.27. The minimum Gasteiger partial charge on any atom is -0.389 e. The van der Waals surface area contributed by atoms with Gasteiger partial charge in [-0.2, -0.15) is 0 Å². The van der Waals surface area contributed by atoms with Gasteiger partial charge in [0.15, 0.2) is 0 Å². The Hall–Kier alpha value is -1.36. The first kappa shape index (κ1) is 13.1. The molecule has 0 aliphatic rings. The van der Waals surface area contributed by atoms with Crippen LogP contribution < -0.4 is 11.1 Å². The molecule has 1 heterocycles. The lowest BCUT2D eigenvalue weighted by Gasteiger charge is -2.10. The van der Waals surface area contributed by atoms with Crippen LogP contribution in [0.1, 0.15) is 5.56 Å². The van der Waals surface area contributed by atoms with Gasteiger partial charge in [0.1, 0.15) is 10.8 Å². The summed E-state index contributed by atoms with van der Waals surface area (Å²) in [5, 5.41) is 4.17. The molecule has 2 rings (SSSR count). The second-order valence-electron chi connectivity index (χ2n) is 3.55. The van der Waals surface area contributed by atoms with Crippen LogP contribution in [0.15, 0.2) is 36.5 Å². The Balaban J connectivity index is 2.37. The fourth-order valence-electron chi connectivity index (χ4n) is 1.47. The fourth-order valence-corrected chi connectivity index (χ4v) is 2.16. The predicted molar refractivity (Wildman–Crippen MR) is 79.9 cm³/mol. The van der Waals surface area contributed by atoms with Gasteiger partial charge in [-0.25, -0.2) is 4.98 Å². The summed E-state index contributed by atoms with van der Waals surface area (Å²) in [6.45, 7) is 0. The number of hydrogen-bond donors (Lipinski definition) is 2. The lowest BCUT2D eigenvalue weighted by molar-refractivity contribution is 1.30. The monoisotopic (exact) mass is 297 g/mol. The molecular formula is C12H9Cl2N3S. The van der Waals surface area contributed by atoms with E-state index in [4.69, 9.17) is 41.2 Å². The molecule has 0 amide bonds. The average molecular weight is 298 g/mol. The van der Waals surface area contributed by atoms with Crippen molar-refractivity contribution in [1.29, 1.82) is 0 Å². The van der Waals surface area contributed by atoms with Gasteiger partial charge in [-0.05, 0) is 30.3 Å². The molecule has 6 heteroatoms. The second kappa shape index (κ2) is 5.52. The van der Waals surface area contributed by atoms with E-state index in [1.807, 2.05) is 0 Å². The number of nitrogens with zero attached hydrogens (tertiary/aromatic N) is 1. The van der Waals surface area contributed by atoms with Crippen molar-refractivity contribution < 1.29 is 0 Å². The lowest BCUT2D eigenvalue weighted by Crippen LogP contribution is -2.12. The van der Waals surface area contributed by atoms with Crippen LogP contribution in [0.3, 0.4) is 0 Å². The zero-order valence-corrected chi connectivity index (χ0v) is 11.5. The number of pyridine rings is 1. The fraction of sp³-hybridized carbons (Fsp3) is 0. The molecule has 18 heavy (non-hydrogen) atoms. The topological polar surface area (TPSA) is 50.9 Å². The molecule has 0 fully saturated rings. The SMILES string of the molecule is NC(=S)c1cccnc1Nc1cc(Cl)cc(Cl)c1. The van der Waals surface area contributed by atoms with Gasteiger partial charge in [0.2, 0.25) is 0 Å². The van der Waals surface area contributed by atoms with Crippen molar-refractivity contribution in [3.63, 3.8) is 0 Å². The van der Waals surface area contributed by atoms with Crippen molar-refractivity contribution in [2.45, 2.75) is 0 Å². The third-order valence-corrected chi connectivity index (χ3v) is 2.85. The highest BCUT2D eigenvalue weighted by Gasteiger charge is 2.07. The molecule has 2 aromatic rings. The number of benzene rings is 1. The summed E-state index contributed by atoms with van der Waals surface area (Å²) in [4.78, 5) is 4.47. The number of halogens is 2. The molecule has 0 unspecified atom stereocenters. The molecular weight excluding hydrogens is 289 g/mol. The smallest absolute Gasteiger partial charge is 0.140 e. The second-order valence-corrected chi connectivity index (χ2v) is 4.86. The summed E-state index contributed by atoms with van der Waals surface area (Å²) in [5.74, 6) is 0.573. The van der Waals surface area contributed by atoms with Gasteiger partial charge in [0, 0.05) is 21.9 Å². The molecule has 3 nitrogen and oxygen atoms in total. The standard InChI is InChI=1S/C12H9Cl2N3S/c13-7-4-8(14)6-9(5-7)17-12-10(11(15)18)2-1-3-16-12/h1-6H,(H2,15,18)(H,16,17). The summed E-state index contributed by atoms with van der Waals surface area (Å²) in [6.07, 6.45) is 1.65. The first-order chi connectivity index (χ1) is 8.56. The van der Waals surface area contributed by atoms with Crippen molar-refractivity contribution in [2.24, 2.45) is 5.73 Å². The van der Waals surface area contributed by atoms with E-state index in [0.29, 0.717) is 21.4 Å². The minimum absolute atomic E-state index is 0.277. The molecule has 0 atom stereocenters. The van der Waals surface area contributed by atoms with Crippen molar-refractivity contribution in [3.8, 4) is 0 Å². The number of thiocarbonyl (C=S) groups is 1. The number of anilines is 2. The van der Waals surface area contributed by atoms with Gasteiger partial charge >= 0.3 is 0 Å². The number of nitrogens with two attached hydrogens (primary N) is 1. The van der Waals surface area contributed by atoms with E-state index in [-0.39, 0.29) is 4.99 Å². The third-order valence-electron chi connectivity index (χ3n) is 2.20. The maximum Gasteiger partial charge on any atom is 0.140 e. The molecule has 0 bridgehead atoms. The van der Waals surface area contributed by atoms with Crippen molar-refractivity contribution in [2.75, 3.05) is 5.32 Å². The Labute approximate surface area is 120 Å². The highest BCUT2D eigenvalue weighted by Crippen LogP contribution is 2.25. The van der Waals surface area contributed by atoms with Gasteiger partial charge < -0.3 is 11.1 Å². The Bertz CT molecular complexity index is 581. The van der Waals surface area contributed by atoms with E-state index in [1.165, 1.54) is 0 Å². The number of aromatic nitrogens is 1. The Morgan fingerprint density at radius 1 is 1.22 bits per heavy atom. The molecule has 0 radical (unpaired) electrons. The third kappa shape index (κ3) is 3.10.